The molecule has 3 nitrogen and oxygen atoms in total. The maximum absolute atomic E-state index is 12.7. The topological polar surface area (TPSA) is 30.2 Å². The Kier molecular flexibility index (Phi) is 3.48. The zero-order chi connectivity index (χ0) is 14.3. The van der Waals surface area contributed by atoms with Crippen LogP contribution in [0, 0.1) is 5.92 Å². The van der Waals surface area contributed by atoms with Crippen molar-refractivity contribution in [3.05, 3.63) is 28.6 Å². The summed E-state index contributed by atoms with van der Waals surface area (Å²) in [7, 11) is 0. The Morgan fingerprint density at radius 1 is 1.20 bits per heavy atom. The summed E-state index contributed by atoms with van der Waals surface area (Å²) < 4.78 is 40.2. The quantitative estimate of drug-likeness (QED) is 0.768. The van der Waals surface area contributed by atoms with Crippen molar-refractivity contribution in [3.63, 3.8) is 0 Å². The molecule has 1 fully saturated rings. The van der Waals surface area contributed by atoms with E-state index in [1.807, 2.05) is 12.1 Å². The molecule has 0 spiro atoms. The minimum atomic E-state index is -4.06. The number of fused-ring (bicyclic) bond motifs is 1. The molecule has 7 heteroatoms. The molecule has 0 unspecified atom stereocenters. The summed E-state index contributed by atoms with van der Waals surface area (Å²) in [5.41, 5.74) is 1.72. The molecule has 0 N–H and O–H groups in total. The lowest BCUT2D eigenvalue weighted by atomic mass is 9.78. The molecule has 3 rings (SSSR count). The molecule has 1 aliphatic rings. The number of hydrogen-bond acceptors (Lipinski definition) is 2. The fourth-order valence-corrected chi connectivity index (χ4v) is 3.29. The number of hydrogen-bond donors (Lipinski definition) is 0. The van der Waals surface area contributed by atoms with E-state index in [0.717, 1.165) is 11.2 Å². The van der Waals surface area contributed by atoms with Crippen LogP contribution < -0.4 is 0 Å². The highest BCUT2D eigenvalue weighted by atomic mass is 79.9. The van der Waals surface area contributed by atoms with Gasteiger partial charge in [0, 0.05) is 11.8 Å². The average molecular weight is 348 g/mol. The molecule has 0 atom stereocenters. The van der Waals surface area contributed by atoms with Crippen molar-refractivity contribution in [3.8, 4) is 0 Å². The van der Waals surface area contributed by atoms with Crippen molar-refractivity contribution < 1.29 is 13.2 Å². The molecule has 1 aliphatic carbocycles. The Balaban J connectivity index is 1.83. The molecule has 20 heavy (non-hydrogen) atoms. The van der Waals surface area contributed by atoms with E-state index in [4.69, 9.17) is 0 Å². The SMILES string of the molecule is FC(F)(F)C1CCC(c2cccn3nc(Br)nc23)CC1. The number of alkyl halides is 3. The van der Waals surface area contributed by atoms with Crippen LogP contribution in [0.2, 0.25) is 0 Å². The monoisotopic (exact) mass is 347 g/mol. The van der Waals surface area contributed by atoms with Gasteiger partial charge in [0.25, 0.3) is 0 Å². The molecule has 2 aromatic rings. The van der Waals surface area contributed by atoms with E-state index in [2.05, 4.69) is 26.0 Å². The molecule has 0 radical (unpaired) electrons. The maximum atomic E-state index is 12.7. The van der Waals surface area contributed by atoms with Gasteiger partial charge in [0.05, 0.1) is 5.92 Å². The standard InChI is InChI=1S/C13H13BrF3N3/c14-12-18-11-10(2-1-7-20(11)19-12)8-3-5-9(6-4-8)13(15,16)17/h1-2,7-9H,3-6H2. The zero-order valence-corrected chi connectivity index (χ0v) is 12.2. The van der Waals surface area contributed by atoms with E-state index >= 15 is 0 Å². The van der Waals surface area contributed by atoms with Crippen LogP contribution in [0.25, 0.3) is 5.65 Å². The van der Waals surface area contributed by atoms with E-state index in [9.17, 15) is 13.2 Å². The molecule has 2 aromatic heterocycles. The van der Waals surface area contributed by atoms with E-state index in [1.54, 1.807) is 10.7 Å². The first-order valence-electron chi connectivity index (χ1n) is 6.52. The molecule has 0 amide bonds. The lowest BCUT2D eigenvalue weighted by Gasteiger charge is -2.30. The minimum Gasteiger partial charge on any atom is -0.220 e. The second-order valence-electron chi connectivity index (χ2n) is 5.20. The molecule has 1 saturated carbocycles. The summed E-state index contributed by atoms with van der Waals surface area (Å²) in [6.07, 6.45) is -0.773. The smallest absolute Gasteiger partial charge is 0.220 e. The molecule has 0 aliphatic heterocycles. The normalized spacial score (nSPS) is 24.2. The van der Waals surface area contributed by atoms with Gasteiger partial charge in [0.2, 0.25) is 4.73 Å². The van der Waals surface area contributed by atoms with Crippen LogP contribution in [0.3, 0.4) is 0 Å². The third-order valence-electron chi connectivity index (χ3n) is 4.00. The van der Waals surface area contributed by atoms with Gasteiger partial charge in [-0.3, -0.25) is 0 Å². The predicted octanol–water partition coefficient (Wildman–Crippen LogP) is 4.33. The summed E-state index contributed by atoms with van der Waals surface area (Å²) in [5, 5.41) is 4.17. The molecule has 108 valence electrons. The number of rotatable bonds is 1. The lowest BCUT2D eigenvalue weighted by molar-refractivity contribution is -0.182. The van der Waals surface area contributed by atoms with Gasteiger partial charge in [-0.25, -0.2) is 9.50 Å². The van der Waals surface area contributed by atoms with Crippen molar-refractivity contribution in [2.75, 3.05) is 0 Å². The Labute approximate surface area is 122 Å². The lowest BCUT2D eigenvalue weighted by Crippen LogP contribution is -2.27. The Morgan fingerprint density at radius 2 is 1.90 bits per heavy atom. The number of aromatic nitrogens is 3. The molecule has 2 heterocycles. The van der Waals surface area contributed by atoms with Gasteiger partial charge in [-0.2, -0.15) is 13.2 Å². The first-order valence-corrected chi connectivity index (χ1v) is 7.32. The molecule has 0 aromatic carbocycles. The fourth-order valence-electron chi connectivity index (χ4n) is 2.95. The Bertz CT molecular complexity index is 615. The van der Waals surface area contributed by atoms with Gasteiger partial charge in [-0.05, 0) is 53.6 Å². The summed E-state index contributed by atoms with van der Waals surface area (Å²) >= 11 is 3.23. The van der Waals surface area contributed by atoms with Gasteiger partial charge in [-0.1, -0.05) is 6.07 Å². The number of halogens is 4. The summed E-state index contributed by atoms with van der Waals surface area (Å²) in [6, 6.07) is 3.80. The highest BCUT2D eigenvalue weighted by molar-refractivity contribution is 9.10. The number of nitrogens with zero attached hydrogens (tertiary/aromatic N) is 3. The zero-order valence-electron chi connectivity index (χ0n) is 10.6. The van der Waals surface area contributed by atoms with Crippen LogP contribution >= 0.6 is 15.9 Å². The molecule has 0 bridgehead atoms. The van der Waals surface area contributed by atoms with Crippen LogP contribution in [0.5, 0.6) is 0 Å². The highest BCUT2D eigenvalue weighted by Gasteiger charge is 2.41. The van der Waals surface area contributed by atoms with Gasteiger partial charge in [-0.15, -0.1) is 5.10 Å². The number of pyridine rings is 1. The van der Waals surface area contributed by atoms with Crippen LogP contribution in [0.15, 0.2) is 23.1 Å². The van der Waals surface area contributed by atoms with E-state index in [1.165, 1.54) is 0 Å². The van der Waals surface area contributed by atoms with Gasteiger partial charge in [0.15, 0.2) is 5.65 Å². The third-order valence-corrected chi connectivity index (χ3v) is 4.33. The first-order chi connectivity index (χ1) is 9.45. The Hall–Kier alpha value is -1.11. The highest BCUT2D eigenvalue weighted by Crippen LogP contribution is 2.43. The second-order valence-corrected chi connectivity index (χ2v) is 5.91. The fraction of sp³-hybridized carbons (Fsp3) is 0.538. The van der Waals surface area contributed by atoms with Gasteiger partial charge < -0.3 is 0 Å². The van der Waals surface area contributed by atoms with Crippen LogP contribution in [0.1, 0.15) is 37.2 Å². The van der Waals surface area contributed by atoms with Crippen LogP contribution in [-0.4, -0.2) is 20.8 Å². The predicted molar refractivity (Wildman–Crippen MR) is 71.4 cm³/mol. The average Bonchev–Trinajstić information content (AvgIpc) is 2.78. The van der Waals surface area contributed by atoms with E-state index in [-0.39, 0.29) is 18.8 Å². The summed E-state index contributed by atoms with van der Waals surface area (Å²) in [5.74, 6) is -1.02. The first kappa shape index (κ1) is 13.9. The maximum Gasteiger partial charge on any atom is 0.391 e. The van der Waals surface area contributed by atoms with Crippen molar-refractivity contribution in [2.24, 2.45) is 5.92 Å². The van der Waals surface area contributed by atoms with Crippen molar-refractivity contribution in [1.82, 2.24) is 14.6 Å². The Morgan fingerprint density at radius 3 is 2.55 bits per heavy atom. The van der Waals surface area contributed by atoms with Gasteiger partial charge in [0.1, 0.15) is 0 Å². The van der Waals surface area contributed by atoms with Crippen molar-refractivity contribution >= 4 is 21.6 Å². The summed E-state index contributed by atoms with van der Waals surface area (Å²) in [6.45, 7) is 0. The molecular weight excluding hydrogens is 335 g/mol. The molecule has 0 saturated heterocycles. The van der Waals surface area contributed by atoms with E-state index < -0.39 is 12.1 Å². The van der Waals surface area contributed by atoms with E-state index in [0.29, 0.717) is 17.6 Å². The largest absolute Gasteiger partial charge is 0.391 e. The van der Waals surface area contributed by atoms with Crippen molar-refractivity contribution in [1.29, 1.82) is 0 Å². The van der Waals surface area contributed by atoms with Crippen LogP contribution in [-0.2, 0) is 0 Å². The van der Waals surface area contributed by atoms with Crippen molar-refractivity contribution in [2.45, 2.75) is 37.8 Å². The second kappa shape index (κ2) is 5.02. The summed E-state index contributed by atoms with van der Waals surface area (Å²) in [4.78, 5) is 4.30. The minimum absolute atomic E-state index is 0.133. The van der Waals surface area contributed by atoms with Crippen LogP contribution in [0.4, 0.5) is 13.2 Å². The third kappa shape index (κ3) is 2.55. The van der Waals surface area contributed by atoms with Gasteiger partial charge >= 0.3 is 6.18 Å². The molecular formula is C13H13BrF3N3.